The van der Waals surface area contributed by atoms with Gasteiger partial charge in [0.2, 0.25) is 17.7 Å². The smallest absolute Gasteiger partial charge is 0.408 e. The van der Waals surface area contributed by atoms with Gasteiger partial charge in [0.25, 0.3) is 0 Å². The molecule has 1 aromatic carbocycles. The first-order chi connectivity index (χ1) is 15.4. The van der Waals surface area contributed by atoms with Gasteiger partial charge in [0.1, 0.15) is 24.3 Å². The number of carbonyl (C=O) groups excluding carboxylic acids is 5. The highest BCUT2D eigenvalue weighted by molar-refractivity contribution is 5.91. The minimum Gasteiger partial charge on any atom is -0.461 e. The van der Waals surface area contributed by atoms with Gasteiger partial charge in [-0.3, -0.25) is 19.2 Å². The average Bonchev–Trinajstić information content (AvgIpc) is 2.71. The van der Waals surface area contributed by atoms with Crippen molar-refractivity contribution < 1.29 is 33.4 Å². The predicted octanol–water partition coefficient (Wildman–Crippen LogP) is 0.639. The van der Waals surface area contributed by atoms with Gasteiger partial charge in [0, 0.05) is 12.8 Å². The van der Waals surface area contributed by atoms with Gasteiger partial charge in [-0.2, -0.15) is 0 Å². The first kappa shape index (κ1) is 27.4. The molecule has 6 N–H and O–H groups in total. The molecule has 0 saturated heterocycles. The van der Waals surface area contributed by atoms with Gasteiger partial charge in [0.05, 0.1) is 0 Å². The summed E-state index contributed by atoms with van der Waals surface area (Å²) in [6.07, 6.45) is -1.48. The number of benzene rings is 1. The number of ether oxygens (including phenoxy) is 2. The molecule has 0 aliphatic carbocycles. The molecule has 33 heavy (non-hydrogen) atoms. The normalized spacial score (nSPS) is 12.7. The zero-order chi connectivity index (χ0) is 25.0. The summed E-state index contributed by atoms with van der Waals surface area (Å²) in [7, 11) is 0. The van der Waals surface area contributed by atoms with Crippen molar-refractivity contribution >= 4 is 29.8 Å². The Labute approximate surface area is 192 Å². The molecule has 0 bridgehead atoms. The Bertz CT molecular complexity index is 837. The predicted molar refractivity (Wildman–Crippen MR) is 118 cm³/mol. The van der Waals surface area contributed by atoms with Crippen molar-refractivity contribution in [2.45, 2.75) is 70.7 Å². The van der Waals surface area contributed by atoms with Gasteiger partial charge in [-0.15, -0.1) is 0 Å². The third-order valence-electron chi connectivity index (χ3n) is 4.23. The maximum atomic E-state index is 12.7. The highest BCUT2D eigenvalue weighted by Crippen LogP contribution is 2.09. The fraction of sp³-hybridized carbons (Fsp3) is 0.500. The number of amides is 4. The second-order valence-electron chi connectivity index (χ2n) is 8.35. The molecule has 11 heteroatoms. The standard InChI is InChI=1S/C22H32N4O7/c1-22(2,3)33-21(31)26-16(9-11-17(23)27)20(30)25-15(19(24)29)10-12-18(28)32-13-14-7-5-4-6-8-14/h4-8,15-16H,9-13H2,1-3H3,(H2,23,27)(H2,24,29)(H,25,30)(H,26,31)/t15-,16+/m1/s1. The van der Waals surface area contributed by atoms with Crippen LogP contribution < -0.4 is 22.1 Å². The largest absolute Gasteiger partial charge is 0.461 e. The number of hydrogen-bond donors (Lipinski definition) is 4. The molecule has 0 aliphatic heterocycles. The van der Waals surface area contributed by atoms with Crippen molar-refractivity contribution in [2.75, 3.05) is 0 Å². The van der Waals surface area contributed by atoms with Gasteiger partial charge in [0.15, 0.2) is 0 Å². The summed E-state index contributed by atoms with van der Waals surface area (Å²) in [6, 6.07) is 6.63. The zero-order valence-corrected chi connectivity index (χ0v) is 19.1. The van der Waals surface area contributed by atoms with Gasteiger partial charge in [-0.05, 0) is 39.2 Å². The summed E-state index contributed by atoms with van der Waals surface area (Å²) < 4.78 is 10.3. The molecule has 0 unspecified atom stereocenters. The minimum atomic E-state index is -1.21. The highest BCUT2D eigenvalue weighted by Gasteiger charge is 2.28. The highest BCUT2D eigenvalue weighted by atomic mass is 16.6. The number of alkyl carbamates (subject to hydrolysis) is 1. The van der Waals surface area contributed by atoms with Crippen molar-refractivity contribution in [3.8, 4) is 0 Å². The Morgan fingerprint density at radius 1 is 0.909 bits per heavy atom. The van der Waals surface area contributed by atoms with Crippen LogP contribution in [0.1, 0.15) is 52.0 Å². The summed E-state index contributed by atoms with van der Waals surface area (Å²) in [4.78, 5) is 59.7. The number of nitrogens with two attached hydrogens (primary N) is 2. The lowest BCUT2D eigenvalue weighted by Crippen LogP contribution is -2.53. The SMILES string of the molecule is CC(C)(C)OC(=O)N[C@@H](CCC(N)=O)C(=O)N[C@H](CCC(=O)OCc1ccccc1)C(N)=O. The lowest BCUT2D eigenvalue weighted by Gasteiger charge is -2.24. The van der Waals surface area contributed by atoms with Crippen LogP contribution in [0.4, 0.5) is 4.79 Å². The van der Waals surface area contributed by atoms with Crippen molar-refractivity contribution in [2.24, 2.45) is 11.5 Å². The van der Waals surface area contributed by atoms with E-state index in [9.17, 15) is 24.0 Å². The molecule has 1 aromatic rings. The molecule has 0 aromatic heterocycles. The fourth-order valence-electron chi connectivity index (χ4n) is 2.64. The lowest BCUT2D eigenvalue weighted by molar-refractivity contribution is -0.145. The Morgan fingerprint density at radius 2 is 1.52 bits per heavy atom. The number of hydrogen-bond acceptors (Lipinski definition) is 7. The number of primary amides is 2. The first-order valence-electron chi connectivity index (χ1n) is 10.4. The topological polar surface area (TPSA) is 180 Å². The summed E-state index contributed by atoms with van der Waals surface area (Å²) in [5, 5.41) is 4.75. The molecule has 1 rings (SSSR count). The summed E-state index contributed by atoms with van der Waals surface area (Å²) in [5.74, 6) is -2.89. The van der Waals surface area contributed by atoms with E-state index < -0.39 is 47.5 Å². The van der Waals surface area contributed by atoms with Crippen molar-refractivity contribution in [1.29, 1.82) is 0 Å². The van der Waals surface area contributed by atoms with Crippen LogP contribution in [0.2, 0.25) is 0 Å². The molecule has 0 heterocycles. The molecule has 182 valence electrons. The molecular weight excluding hydrogens is 432 g/mol. The maximum Gasteiger partial charge on any atom is 0.408 e. The third kappa shape index (κ3) is 12.1. The summed E-state index contributed by atoms with van der Waals surface area (Å²) in [5.41, 5.74) is 10.5. The Balaban J connectivity index is 2.68. The summed E-state index contributed by atoms with van der Waals surface area (Å²) in [6.45, 7) is 5.00. The quantitative estimate of drug-likeness (QED) is 0.327. The fourth-order valence-corrected chi connectivity index (χ4v) is 2.64. The van der Waals surface area contributed by atoms with Crippen LogP contribution in [0.15, 0.2) is 30.3 Å². The van der Waals surface area contributed by atoms with Crippen LogP contribution in [-0.2, 0) is 35.3 Å². The molecule has 0 saturated carbocycles. The van der Waals surface area contributed by atoms with Crippen LogP contribution in [0.5, 0.6) is 0 Å². The molecule has 0 spiro atoms. The Kier molecular flexibility index (Phi) is 10.8. The first-order valence-corrected chi connectivity index (χ1v) is 10.4. The van der Waals surface area contributed by atoms with E-state index in [4.69, 9.17) is 20.9 Å². The van der Waals surface area contributed by atoms with Crippen molar-refractivity contribution in [3.05, 3.63) is 35.9 Å². The second-order valence-corrected chi connectivity index (χ2v) is 8.35. The van der Waals surface area contributed by atoms with Crippen LogP contribution in [0.3, 0.4) is 0 Å². The third-order valence-corrected chi connectivity index (χ3v) is 4.23. The lowest BCUT2D eigenvalue weighted by atomic mass is 10.1. The van der Waals surface area contributed by atoms with Crippen LogP contribution in [-0.4, -0.2) is 47.5 Å². The number of rotatable bonds is 12. The molecule has 0 radical (unpaired) electrons. The van der Waals surface area contributed by atoms with E-state index >= 15 is 0 Å². The van der Waals surface area contributed by atoms with Crippen LogP contribution >= 0.6 is 0 Å². The number of esters is 1. The molecule has 4 amide bonds. The van der Waals surface area contributed by atoms with E-state index in [1.54, 1.807) is 32.9 Å². The van der Waals surface area contributed by atoms with Crippen LogP contribution in [0, 0.1) is 0 Å². The minimum absolute atomic E-state index is 0.0717. The summed E-state index contributed by atoms with van der Waals surface area (Å²) >= 11 is 0. The molecule has 0 aliphatic rings. The van der Waals surface area contributed by atoms with Gasteiger partial charge >= 0.3 is 12.1 Å². The average molecular weight is 465 g/mol. The van der Waals surface area contributed by atoms with E-state index in [1.165, 1.54) is 0 Å². The van der Waals surface area contributed by atoms with Gasteiger partial charge in [-0.1, -0.05) is 30.3 Å². The zero-order valence-electron chi connectivity index (χ0n) is 19.1. The Morgan fingerprint density at radius 3 is 2.06 bits per heavy atom. The van der Waals surface area contributed by atoms with Crippen molar-refractivity contribution in [3.63, 3.8) is 0 Å². The second kappa shape index (κ2) is 13.0. The van der Waals surface area contributed by atoms with Gasteiger partial charge < -0.3 is 31.6 Å². The Hall–Kier alpha value is -3.63. The number of nitrogens with one attached hydrogen (secondary N) is 2. The van der Waals surface area contributed by atoms with E-state index in [-0.39, 0.29) is 32.3 Å². The van der Waals surface area contributed by atoms with E-state index in [2.05, 4.69) is 10.6 Å². The van der Waals surface area contributed by atoms with Gasteiger partial charge in [-0.25, -0.2) is 4.79 Å². The van der Waals surface area contributed by atoms with Crippen molar-refractivity contribution in [1.82, 2.24) is 10.6 Å². The molecule has 0 fully saturated rings. The van der Waals surface area contributed by atoms with E-state index in [1.807, 2.05) is 18.2 Å². The molecule has 2 atom stereocenters. The van der Waals surface area contributed by atoms with E-state index in [0.717, 1.165) is 5.56 Å². The van der Waals surface area contributed by atoms with Crippen LogP contribution in [0.25, 0.3) is 0 Å². The molecular formula is C22H32N4O7. The number of carbonyl (C=O) groups is 5. The molecule has 11 nitrogen and oxygen atoms in total. The maximum absolute atomic E-state index is 12.7. The van der Waals surface area contributed by atoms with E-state index in [0.29, 0.717) is 0 Å². The monoisotopic (exact) mass is 464 g/mol.